The summed E-state index contributed by atoms with van der Waals surface area (Å²) in [5.41, 5.74) is 4.97. The molecule has 240 valence electrons. The summed E-state index contributed by atoms with van der Waals surface area (Å²) in [7, 11) is -1.22. The van der Waals surface area contributed by atoms with Crippen LogP contribution in [0.3, 0.4) is 0 Å². The van der Waals surface area contributed by atoms with Gasteiger partial charge in [-0.05, 0) is 59.5 Å². The molecule has 0 aromatic heterocycles. The minimum absolute atomic E-state index is 0.0366. The molecule has 0 aliphatic rings. The van der Waals surface area contributed by atoms with Gasteiger partial charge in [-0.3, -0.25) is 9.59 Å². The number of benzene rings is 4. The Kier molecular flexibility index (Phi) is 12.3. The summed E-state index contributed by atoms with van der Waals surface area (Å²) in [6.45, 7) is -0.121. The molecule has 0 bridgehead atoms. The van der Waals surface area contributed by atoms with E-state index in [1.807, 2.05) is 60.7 Å². The van der Waals surface area contributed by atoms with Gasteiger partial charge in [-0.1, -0.05) is 60.7 Å². The van der Waals surface area contributed by atoms with Gasteiger partial charge in [-0.25, -0.2) is 13.8 Å². The second kappa shape index (κ2) is 16.8. The molecule has 4 rings (SSSR count). The van der Waals surface area contributed by atoms with E-state index in [4.69, 9.17) is 14.2 Å². The van der Waals surface area contributed by atoms with Crippen molar-refractivity contribution in [2.75, 3.05) is 33.9 Å². The normalized spacial score (nSPS) is 11.3. The minimum atomic E-state index is -4.09. The van der Waals surface area contributed by atoms with Crippen LogP contribution >= 0.6 is 0 Å². The van der Waals surface area contributed by atoms with Crippen molar-refractivity contribution in [2.45, 2.75) is 17.9 Å². The Morgan fingerprint density at radius 3 is 2.11 bits per heavy atom. The predicted octanol–water partition coefficient (Wildman–Crippen LogP) is 3.78. The quantitative estimate of drug-likeness (QED) is 0.140. The van der Waals surface area contributed by atoms with Crippen LogP contribution in [0.5, 0.6) is 17.2 Å². The van der Waals surface area contributed by atoms with Crippen molar-refractivity contribution < 1.29 is 32.2 Å². The molecule has 11 nitrogen and oxygen atoms in total. The van der Waals surface area contributed by atoms with E-state index < -0.39 is 22.5 Å². The molecule has 0 heterocycles. The molecule has 12 heteroatoms. The summed E-state index contributed by atoms with van der Waals surface area (Å²) in [5, 5.41) is 6.79. The first kappa shape index (κ1) is 33.7. The van der Waals surface area contributed by atoms with Crippen LogP contribution in [-0.2, 0) is 32.6 Å². The number of hydrogen-bond acceptors (Lipinski definition) is 8. The summed E-state index contributed by atoms with van der Waals surface area (Å²) in [4.78, 5) is 24.9. The van der Waals surface area contributed by atoms with Crippen molar-refractivity contribution in [3.63, 3.8) is 0 Å². The zero-order chi connectivity index (χ0) is 32.8. The van der Waals surface area contributed by atoms with E-state index in [1.54, 1.807) is 24.3 Å². The van der Waals surface area contributed by atoms with Crippen molar-refractivity contribution in [2.24, 2.45) is 5.10 Å². The van der Waals surface area contributed by atoms with Crippen LogP contribution in [0.25, 0.3) is 0 Å². The first-order chi connectivity index (χ1) is 22.3. The summed E-state index contributed by atoms with van der Waals surface area (Å²) in [6.07, 6.45) is 1.82. The fourth-order valence-electron chi connectivity index (χ4n) is 4.33. The maximum absolute atomic E-state index is 13.7. The van der Waals surface area contributed by atoms with E-state index in [1.165, 1.54) is 38.6 Å². The molecule has 0 saturated carbocycles. The lowest BCUT2D eigenvalue weighted by Gasteiger charge is -2.22. The summed E-state index contributed by atoms with van der Waals surface area (Å²) < 4.78 is 44.5. The van der Waals surface area contributed by atoms with Gasteiger partial charge in [0.05, 0.1) is 31.9 Å². The van der Waals surface area contributed by atoms with Gasteiger partial charge in [0.2, 0.25) is 10.0 Å². The zero-order valence-corrected chi connectivity index (χ0v) is 26.4. The highest BCUT2D eigenvalue weighted by atomic mass is 32.2. The van der Waals surface area contributed by atoms with Gasteiger partial charge in [-0.2, -0.15) is 9.41 Å². The molecular formula is C34H36N4O7S. The van der Waals surface area contributed by atoms with E-state index in [9.17, 15) is 18.0 Å². The number of rotatable bonds is 16. The third-order valence-corrected chi connectivity index (χ3v) is 8.63. The number of carbonyl (C=O) groups is 2. The first-order valence-electron chi connectivity index (χ1n) is 14.4. The molecule has 2 N–H and O–H groups in total. The van der Waals surface area contributed by atoms with E-state index >= 15 is 0 Å². The maximum Gasteiger partial charge on any atom is 0.258 e. The minimum Gasteiger partial charge on any atom is -0.493 e. The number of hydrazone groups is 1. The highest BCUT2D eigenvalue weighted by Gasteiger charge is 2.27. The molecule has 0 unspecified atom stereocenters. The predicted molar refractivity (Wildman–Crippen MR) is 174 cm³/mol. The summed E-state index contributed by atoms with van der Waals surface area (Å²) >= 11 is 0. The lowest BCUT2D eigenvalue weighted by molar-refractivity contribution is -0.123. The van der Waals surface area contributed by atoms with Crippen LogP contribution in [0.1, 0.15) is 16.7 Å². The topological polar surface area (TPSA) is 136 Å². The van der Waals surface area contributed by atoms with Crippen LogP contribution in [0, 0.1) is 0 Å². The standard InChI is InChI=1S/C34H36N4O7S/c1-43-31-18-17-30(21-32(31)44-2)46(41,42)38(20-19-26-9-5-3-6-10-26)24-33(39)37-36-23-28-13-15-29(16-14-28)45-25-34(40)35-22-27-11-7-4-8-12-27/h3-18,21,23H,19-20,22,24-25H2,1-2H3,(H,35,40)(H,37,39)/b36-23+. The average Bonchev–Trinajstić information content (AvgIpc) is 3.09. The molecule has 4 aromatic rings. The molecule has 0 aliphatic carbocycles. The fraction of sp³-hybridized carbons (Fsp3) is 0.206. The highest BCUT2D eigenvalue weighted by Crippen LogP contribution is 2.30. The molecule has 0 atom stereocenters. The van der Waals surface area contributed by atoms with E-state index in [0.29, 0.717) is 30.0 Å². The van der Waals surface area contributed by atoms with Crippen LogP contribution in [0.15, 0.2) is 113 Å². The molecule has 4 aromatic carbocycles. The van der Waals surface area contributed by atoms with Gasteiger partial charge in [0.1, 0.15) is 5.75 Å². The molecule has 0 spiro atoms. The van der Waals surface area contributed by atoms with Crippen molar-refractivity contribution >= 4 is 28.1 Å². The third kappa shape index (κ3) is 9.91. The average molecular weight is 645 g/mol. The van der Waals surface area contributed by atoms with Crippen LogP contribution in [-0.4, -0.2) is 64.7 Å². The number of methoxy groups -OCH3 is 2. The summed E-state index contributed by atoms with van der Waals surface area (Å²) in [6, 6.07) is 30.0. The molecule has 0 fully saturated rings. The van der Waals surface area contributed by atoms with Gasteiger partial charge in [0.25, 0.3) is 11.8 Å². The Labute approximate surface area is 268 Å². The molecule has 0 saturated heterocycles. The first-order valence-corrected chi connectivity index (χ1v) is 15.8. The summed E-state index contributed by atoms with van der Waals surface area (Å²) in [5.74, 6) is 0.264. The van der Waals surface area contributed by atoms with Gasteiger partial charge in [0, 0.05) is 19.2 Å². The number of ether oxygens (including phenoxy) is 3. The number of hydrogen-bond donors (Lipinski definition) is 2. The number of nitrogens with zero attached hydrogens (tertiary/aromatic N) is 2. The van der Waals surface area contributed by atoms with Crippen molar-refractivity contribution in [1.29, 1.82) is 0 Å². The van der Waals surface area contributed by atoms with Crippen LogP contribution < -0.4 is 25.0 Å². The number of carbonyl (C=O) groups excluding carboxylic acids is 2. The van der Waals surface area contributed by atoms with Crippen molar-refractivity contribution in [3.8, 4) is 17.2 Å². The van der Waals surface area contributed by atoms with Gasteiger partial charge < -0.3 is 19.5 Å². The lowest BCUT2D eigenvalue weighted by atomic mass is 10.1. The number of sulfonamides is 1. The fourth-order valence-corrected chi connectivity index (χ4v) is 5.74. The Bertz CT molecular complexity index is 1720. The second-order valence-corrected chi connectivity index (χ2v) is 11.9. The van der Waals surface area contributed by atoms with E-state index in [2.05, 4.69) is 15.8 Å². The van der Waals surface area contributed by atoms with E-state index in [-0.39, 0.29) is 29.7 Å². The van der Waals surface area contributed by atoms with E-state index in [0.717, 1.165) is 15.4 Å². The monoisotopic (exact) mass is 644 g/mol. The molecule has 46 heavy (non-hydrogen) atoms. The third-order valence-electron chi connectivity index (χ3n) is 6.79. The lowest BCUT2D eigenvalue weighted by Crippen LogP contribution is -2.40. The Balaban J connectivity index is 1.34. The Morgan fingerprint density at radius 2 is 1.46 bits per heavy atom. The molecule has 2 amide bonds. The van der Waals surface area contributed by atoms with Crippen molar-refractivity contribution in [1.82, 2.24) is 15.0 Å². The molecular weight excluding hydrogens is 608 g/mol. The maximum atomic E-state index is 13.7. The Hall–Kier alpha value is -5.20. The Morgan fingerprint density at radius 1 is 0.804 bits per heavy atom. The van der Waals surface area contributed by atoms with Gasteiger partial charge >= 0.3 is 0 Å². The largest absolute Gasteiger partial charge is 0.493 e. The smallest absolute Gasteiger partial charge is 0.258 e. The van der Waals surface area contributed by atoms with Gasteiger partial charge in [-0.15, -0.1) is 0 Å². The van der Waals surface area contributed by atoms with Crippen molar-refractivity contribution in [3.05, 3.63) is 120 Å². The molecule has 0 radical (unpaired) electrons. The van der Waals surface area contributed by atoms with Crippen LogP contribution in [0.4, 0.5) is 0 Å². The second-order valence-electron chi connectivity index (χ2n) is 10.0. The number of nitrogens with one attached hydrogen (secondary N) is 2. The van der Waals surface area contributed by atoms with Gasteiger partial charge in [0.15, 0.2) is 18.1 Å². The van der Waals surface area contributed by atoms with Crippen LogP contribution in [0.2, 0.25) is 0 Å². The SMILES string of the molecule is COc1ccc(S(=O)(=O)N(CCc2ccccc2)CC(=O)N/N=C/c2ccc(OCC(=O)NCc3ccccc3)cc2)cc1OC. The highest BCUT2D eigenvalue weighted by molar-refractivity contribution is 7.89. The zero-order valence-electron chi connectivity index (χ0n) is 25.6. The molecule has 0 aliphatic heterocycles. The number of amides is 2.